The lowest BCUT2D eigenvalue weighted by Gasteiger charge is -2.31. The van der Waals surface area contributed by atoms with E-state index in [1.165, 1.54) is 6.92 Å². The van der Waals surface area contributed by atoms with Crippen molar-refractivity contribution in [3.8, 4) is 0 Å². The van der Waals surface area contributed by atoms with E-state index in [1.54, 1.807) is 13.8 Å². The van der Waals surface area contributed by atoms with Crippen LogP contribution in [-0.4, -0.2) is 80.7 Å². The Kier molecular flexibility index (Phi) is 11.2. The highest BCUT2D eigenvalue weighted by molar-refractivity contribution is 7.90. The lowest BCUT2D eigenvalue weighted by atomic mass is 9.97. The van der Waals surface area contributed by atoms with Gasteiger partial charge >= 0.3 is 0 Å². The Morgan fingerprint density at radius 3 is 2.22 bits per heavy atom. The average molecular weight is 478 g/mol. The normalized spacial score (nSPS) is 22.3. The molecular weight excluding hydrogens is 438 g/mol. The maximum atomic E-state index is 12.8. The van der Waals surface area contributed by atoms with Gasteiger partial charge in [0.15, 0.2) is 5.78 Å². The van der Waals surface area contributed by atoms with Gasteiger partial charge in [-0.05, 0) is 19.3 Å². The van der Waals surface area contributed by atoms with Crippen molar-refractivity contribution in [2.75, 3.05) is 26.2 Å². The number of hydrogen-bond donors (Lipinski definition) is 6. The van der Waals surface area contributed by atoms with Crippen LogP contribution in [0.25, 0.3) is 0 Å². The molecule has 0 aromatic carbocycles. The first-order chi connectivity index (χ1) is 14.8. The Balaban J connectivity index is 2.83. The van der Waals surface area contributed by atoms with Gasteiger partial charge in [-0.3, -0.25) is 14.4 Å². The van der Waals surface area contributed by atoms with Gasteiger partial charge in [0.2, 0.25) is 21.8 Å². The molecule has 0 spiro atoms. The average Bonchev–Trinajstić information content (AvgIpc) is 2.73. The Bertz CT molecular complexity index is 756. The van der Waals surface area contributed by atoms with Crippen LogP contribution in [0.5, 0.6) is 0 Å². The summed E-state index contributed by atoms with van der Waals surface area (Å²) in [6.45, 7) is 9.14. The van der Waals surface area contributed by atoms with Crippen LogP contribution in [0.1, 0.15) is 41.0 Å². The smallest absolute Gasteiger partial charge is 0.245 e. The number of amides is 2. The molecule has 0 bridgehead atoms. The molecule has 0 saturated carbocycles. The van der Waals surface area contributed by atoms with Gasteiger partial charge in [-0.25, -0.2) is 13.1 Å². The predicted molar refractivity (Wildman–Crippen MR) is 121 cm³/mol. The van der Waals surface area contributed by atoms with Gasteiger partial charge in [0.25, 0.3) is 0 Å². The molecule has 0 aliphatic carbocycles. The molecule has 32 heavy (non-hydrogen) atoms. The van der Waals surface area contributed by atoms with Crippen molar-refractivity contribution in [2.45, 2.75) is 64.5 Å². The largest absolute Gasteiger partial charge is 0.391 e. The van der Waals surface area contributed by atoms with Gasteiger partial charge < -0.3 is 26.8 Å². The van der Waals surface area contributed by atoms with E-state index >= 15 is 0 Å². The molecule has 0 radical (unpaired) electrons. The molecular formula is C20H39N5O6S. The second-order valence-corrected chi connectivity index (χ2v) is 11.1. The highest BCUT2D eigenvalue weighted by atomic mass is 32.2. The number of aliphatic hydroxyl groups is 1. The van der Waals surface area contributed by atoms with Crippen molar-refractivity contribution < 1.29 is 27.9 Å². The van der Waals surface area contributed by atoms with E-state index in [2.05, 4.69) is 20.7 Å². The molecule has 5 atom stereocenters. The van der Waals surface area contributed by atoms with Crippen molar-refractivity contribution in [2.24, 2.45) is 23.5 Å². The van der Waals surface area contributed by atoms with Crippen molar-refractivity contribution in [1.82, 2.24) is 20.7 Å². The zero-order valence-electron chi connectivity index (χ0n) is 19.6. The summed E-state index contributed by atoms with van der Waals surface area (Å²) in [6.07, 6.45) is -1.16. The number of aliphatic hydroxyl groups excluding tert-OH is 1. The number of nitrogens with two attached hydrogens (primary N) is 1. The summed E-state index contributed by atoms with van der Waals surface area (Å²) >= 11 is 0. The van der Waals surface area contributed by atoms with Crippen LogP contribution in [-0.2, 0) is 24.4 Å². The molecule has 0 aromatic heterocycles. The number of Topliss-reactive ketones (excluding diaryl/α,β-unsaturated/α-hetero) is 1. The highest BCUT2D eigenvalue weighted by Crippen LogP contribution is 2.17. The van der Waals surface area contributed by atoms with Crippen LogP contribution in [0, 0.1) is 17.8 Å². The summed E-state index contributed by atoms with van der Waals surface area (Å²) in [5, 5.41) is 17.2. The summed E-state index contributed by atoms with van der Waals surface area (Å²) < 4.78 is 27.6. The zero-order chi connectivity index (χ0) is 24.6. The molecule has 186 valence electrons. The number of hydrogen-bond acceptors (Lipinski definition) is 8. The topological polar surface area (TPSA) is 180 Å². The number of sulfonamides is 1. The fourth-order valence-corrected chi connectivity index (χ4v) is 4.95. The molecule has 1 heterocycles. The molecule has 7 N–H and O–H groups in total. The minimum Gasteiger partial charge on any atom is -0.391 e. The third-order valence-corrected chi connectivity index (χ3v) is 7.15. The second kappa shape index (κ2) is 12.6. The summed E-state index contributed by atoms with van der Waals surface area (Å²) in [5.74, 6) is -2.45. The summed E-state index contributed by atoms with van der Waals surface area (Å²) in [5.41, 5.74) is 5.60. The van der Waals surface area contributed by atoms with Crippen molar-refractivity contribution in [3.05, 3.63) is 0 Å². The van der Waals surface area contributed by atoms with Crippen LogP contribution < -0.4 is 26.4 Å². The number of rotatable bonds is 12. The van der Waals surface area contributed by atoms with Gasteiger partial charge in [0.1, 0.15) is 6.04 Å². The van der Waals surface area contributed by atoms with E-state index in [9.17, 15) is 27.9 Å². The lowest BCUT2D eigenvalue weighted by molar-refractivity contribution is -0.135. The zero-order valence-corrected chi connectivity index (χ0v) is 20.4. The summed E-state index contributed by atoms with van der Waals surface area (Å²) in [7, 11) is -3.62. The van der Waals surface area contributed by atoms with E-state index in [0.717, 1.165) is 0 Å². The van der Waals surface area contributed by atoms with Crippen LogP contribution >= 0.6 is 0 Å². The number of piperidine rings is 1. The predicted octanol–water partition coefficient (Wildman–Crippen LogP) is -1.93. The maximum absolute atomic E-state index is 12.8. The van der Waals surface area contributed by atoms with E-state index in [4.69, 9.17) is 5.73 Å². The van der Waals surface area contributed by atoms with Crippen LogP contribution in [0.4, 0.5) is 0 Å². The SMILES string of the molecule is CC(C)CNS(=O)(=O)[C@H]1CNC[C@@H](C(=O)N[C@H](C(=O)N[C@@H](CN)C(=O)C(C)C)[C@H](C)O)C1. The van der Waals surface area contributed by atoms with Crippen molar-refractivity contribution in [3.63, 3.8) is 0 Å². The van der Waals surface area contributed by atoms with E-state index in [0.29, 0.717) is 6.54 Å². The summed E-state index contributed by atoms with van der Waals surface area (Å²) in [4.78, 5) is 37.6. The Morgan fingerprint density at radius 2 is 1.72 bits per heavy atom. The first kappa shape index (κ1) is 28.4. The van der Waals surface area contributed by atoms with Gasteiger partial charge in [-0.2, -0.15) is 0 Å². The Morgan fingerprint density at radius 1 is 1.09 bits per heavy atom. The van der Waals surface area contributed by atoms with E-state index in [1.807, 2.05) is 13.8 Å². The molecule has 1 aliphatic rings. The maximum Gasteiger partial charge on any atom is 0.245 e. The number of carbonyl (C=O) groups is 3. The van der Waals surface area contributed by atoms with Crippen LogP contribution in [0.2, 0.25) is 0 Å². The van der Waals surface area contributed by atoms with Gasteiger partial charge in [0, 0.05) is 32.1 Å². The Labute approximate surface area is 190 Å². The second-order valence-electron chi connectivity index (χ2n) is 9.08. The molecule has 2 amide bonds. The monoisotopic (exact) mass is 477 g/mol. The molecule has 0 unspecified atom stereocenters. The highest BCUT2D eigenvalue weighted by Gasteiger charge is 2.37. The molecule has 1 rings (SSSR count). The number of carbonyl (C=O) groups excluding carboxylic acids is 3. The minimum atomic E-state index is -3.62. The van der Waals surface area contributed by atoms with Crippen molar-refractivity contribution >= 4 is 27.6 Å². The molecule has 12 heteroatoms. The third kappa shape index (κ3) is 8.39. The molecule has 1 aliphatic heterocycles. The fraction of sp³-hybridized carbons (Fsp3) is 0.850. The van der Waals surface area contributed by atoms with Gasteiger partial charge in [0.05, 0.1) is 23.3 Å². The van der Waals surface area contributed by atoms with Crippen molar-refractivity contribution in [1.29, 1.82) is 0 Å². The van der Waals surface area contributed by atoms with Crippen LogP contribution in [0.3, 0.4) is 0 Å². The summed E-state index contributed by atoms with van der Waals surface area (Å²) in [6, 6.07) is -2.24. The number of ketones is 1. The third-order valence-electron chi connectivity index (χ3n) is 5.34. The minimum absolute atomic E-state index is 0.0810. The van der Waals surface area contributed by atoms with Gasteiger partial charge in [-0.15, -0.1) is 0 Å². The quantitative estimate of drug-likeness (QED) is 0.188. The number of nitrogens with one attached hydrogen (secondary N) is 4. The van der Waals surface area contributed by atoms with Gasteiger partial charge in [-0.1, -0.05) is 27.7 Å². The van der Waals surface area contributed by atoms with E-state index in [-0.39, 0.29) is 43.7 Å². The molecule has 11 nitrogen and oxygen atoms in total. The molecule has 1 saturated heterocycles. The van der Waals surface area contributed by atoms with Crippen LogP contribution in [0.15, 0.2) is 0 Å². The molecule has 0 aromatic rings. The Hall–Kier alpha value is -1.60. The first-order valence-electron chi connectivity index (χ1n) is 11.0. The van der Waals surface area contributed by atoms with E-state index < -0.39 is 51.2 Å². The fourth-order valence-electron chi connectivity index (χ4n) is 3.33. The first-order valence-corrected chi connectivity index (χ1v) is 12.6. The lowest BCUT2D eigenvalue weighted by Crippen LogP contribution is -2.59. The standard InChI is InChI=1S/C20H39N5O6S/c1-11(2)8-23-32(30,31)15-6-14(9-22-10-15)19(28)25-17(13(5)26)20(29)24-16(7-21)18(27)12(3)4/h11-17,22-23,26H,6-10,21H2,1-5H3,(H,24,29)(H,25,28)/t13-,14-,15+,16-,17-/m0/s1. The molecule has 1 fully saturated rings.